The summed E-state index contributed by atoms with van der Waals surface area (Å²) >= 11 is 0. The van der Waals surface area contributed by atoms with Gasteiger partial charge < -0.3 is 9.73 Å². The molecular formula is C22H16FN3O2. The molecule has 0 radical (unpaired) electrons. The molecule has 138 valence electrons. The number of pyridine rings is 1. The van der Waals surface area contributed by atoms with Crippen LogP contribution in [0.5, 0.6) is 0 Å². The quantitative estimate of drug-likeness (QED) is 0.560. The minimum Gasteiger partial charge on any atom is -0.436 e. The van der Waals surface area contributed by atoms with E-state index in [0.29, 0.717) is 29.0 Å². The van der Waals surface area contributed by atoms with Crippen molar-refractivity contribution in [2.45, 2.75) is 6.54 Å². The average Bonchev–Trinajstić information content (AvgIpc) is 3.23. The normalized spacial score (nSPS) is 10.6. The number of halogens is 1. The van der Waals surface area contributed by atoms with E-state index >= 15 is 0 Å². The first-order valence-corrected chi connectivity index (χ1v) is 8.69. The number of benzene rings is 2. The fraction of sp³-hybridized carbons (Fsp3) is 0.0455. The SMILES string of the molecule is O=C(NCc1ccncc1)c1ccccc1-c1ncc(-c2ccccc2F)o1. The summed E-state index contributed by atoms with van der Waals surface area (Å²) in [5.41, 5.74) is 2.23. The van der Waals surface area contributed by atoms with Gasteiger partial charge >= 0.3 is 0 Å². The van der Waals surface area contributed by atoms with Gasteiger partial charge in [-0.1, -0.05) is 24.3 Å². The summed E-state index contributed by atoms with van der Waals surface area (Å²) < 4.78 is 19.8. The lowest BCUT2D eigenvalue weighted by molar-refractivity contribution is 0.0951. The van der Waals surface area contributed by atoms with Crippen molar-refractivity contribution in [2.24, 2.45) is 0 Å². The Labute approximate surface area is 160 Å². The molecule has 28 heavy (non-hydrogen) atoms. The van der Waals surface area contributed by atoms with Gasteiger partial charge in [-0.25, -0.2) is 9.37 Å². The minimum atomic E-state index is -0.395. The van der Waals surface area contributed by atoms with E-state index < -0.39 is 5.82 Å². The number of nitrogens with one attached hydrogen (secondary N) is 1. The first-order chi connectivity index (χ1) is 13.7. The molecule has 0 saturated heterocycles. The van der Waals surface area contributed by atoms with E-state index in [2.05, 4.69) is 15.3 Å². The highest BCUT2D eigenvalue weighted by molar-refractivity contribution is 6.00. The maximum absolute atomic E-state index is 14.0. The zero-order valence-electron chi connectivity index (χ0n) is 14.8. The van der Waals surface area contributed by atoms with E-state index in [1.54, 1.807) is 54.9 Å². The zero-order valence-corrected chi connectivity index (χ0v) is 14.8. The van der Waals surface area contributed by atoms with E-state index in [0.717, 1.165) is 5.56 Å². The number of carbonyl (C=O) groups excluding carboxylic acids is 1. The van der Waals surface area contributed by atoms with Gasteiger partial charge in [0.1, 0.15) is 5.82 Å². The van der Waals surface area contributed by atoms with Crippen molar-refractivity contribution < 1.29 is 13.6 Å². The maximum Gasteiger partial charge on any atom is 0.252 e. The Hall–Kier alpha value is -3.80. The third-order valence-electron chi connectivity index (χ3n) is 4.25. The molecule has 6 heteroatoms. The monoisotopic (exact) mass is 373 g/mol. The number of rotatable bonds is 5. The number of hydrogen-bond donors (Lipinski definition) is 1. The van der Waals surface area contributed by atoms with Crippen molar-refractivity contribution in [3.05, 3.63) is 96.2 Å². The molecule has 2 aromatic heterocycles. The molecule has 0 bridgehead atoms. The van der Waals surface area contributed by atoms with Gasteiger partial charge in [0.25, 0.3) is 5.91 Å². The fourth-order valence-electron chi connectivity index (χ4n) is 2.83. The second kappa shape index (κ2) is 7.84. The number of carbonyl (C=O) groups is 1. The van der Waals surface area contributed by atoms with Crippen LogP contribution in [0, 0.1) is 5.82 Å². The second-order valence-corrected chi connectivity index (χ2v) is 6.09. The van der Waals surface area contributed by atoms with E-state index in [-0.39, 0.29) is 11.8 Å². The van der Waals surface area contributed by atoms with Crippen molar-refractivity contribution in [3.63, 3.8) is 0 Å². The van der Waals surface area contributed by atoms with Gasteiger partial charge in [-0.3, -0.25) is 9.78 Å². The summed E-state index contributed by atoms with van der Waals surface area (Å²) in [7, 11) is 0. The molecule has 0 unspecified atom stereocenters. The van der Waals surface area contributed by atoms with Gasteiger partial charge in [0, 0.05) is 24.5 Å². The van der Waals surface area contributed by atoms with Crippen molar-refractivity contribution in [1.29, 1.82) is 0 Å². The molecule has 0 atom stereocenters. The highest BCUT2D eigenvalue weighted by Crippen LogP contribution is 2.29. The third-order valence-corrected chi connectivity index (χ3v) is 4.25. The Morgan fingerprint density at radius 3 is 2.46 bits per heavy atom. The van der Waals surface area contributed by atoms with Gasteiger partial charge in [-0.05, 0) is 42.0 Å². The largest absolute Gasteiger partial charge is 0.436 e. The van der Waals surface area contributed by atoms with Crippen LogP contribution in [0.1, 0.15) is 15.9 Å². The predicted molar refractivity (Wildman–Crippen MR) is 103 cm³/mol. The molecule has 0 aliphatic carbocycles. The molecule has 5 nitrogen and oxygen atoms in total. The van der Waals surface area contributed by atoms with Gasteiger partial charge in [0.05, 0.1) is 17.3 Å². The lowest BCUT2D eigenvalue weighted by atomic mass is 10.1. The molecular weight excluding hydrogens is 357 g/mol. The molecule has 0 fully saturated rings. The Morgan fingerprint density at radius 2 is 1.68 bits per heavy atom. The standard InChI is InChI=1S/C22H16FN3O2/c23-19-8-4-3-7-18(19)20-14-26-22(28-20)17-6-2-1-5-16(17)21(27)25-13-15-9-11-24-12-10-15/h1-12,14H,13H2,(H,25,27). The van der Waals surface area contributed by atoms with Crippen LogP contribution < -0.4 is 5.32 Å². The van der Waals surface area contributed by atoms with Crippen LogP contribution in [0.25, 0.3) is 22.8 Å². The predicted octanol–water partition coefficient (Wildman–Crippen LogP) is 4.47. The van der Waals surface area contributed by atoms with E-state index in [1.165, 1.54) is 12.3 Å². The van der Waals surface area contributed by atoms with E-state index in [1.807, 2.05) is 12.1 Å². The summed E-state index contributed by atoms with van der Waals surface area (Å²) in [5.74, 6) is -0.0837. The van der Waals surface area contributed by atoms with Gasteiger partial charge in [-0.2, -0.15) is 0 Å². The summed E-state index contributed by atoms with van der Waals surface area (Å²) in [5, 5.41) is 2.88. The lowest BCUT2D eigenvalue weighted by Gasteiger charge is -2.08. The first-order valence-electron chi connectivity index (χ1n) is 8.69. The summed E-state index contributed by atoms with van der Waals surface area (Å²) in [6, 6.07) is 17.0. The van der Waals surface area contributed by atoms with E-state index in [9.17, 15) is 9.18 Å². The highest BCUT2D eigenvalue weighted by Gasteiger charge is 2.17. The van der Waals surface area contributed by atoms with Crippen LogP contribution in [0.4, 0.5) is 4.39 Å². The number of amides is 1. The summed E-state index contributed by atoms with van der Waals surface area (Å²) in [6.07, 6.45) is 4.80. The number of aromatic nitrogens is 2. The van der Waals surface area contributed by atoms with Crippen LogP contribution in [0.2, 0.25) is 0 Å². The zero-order chi connectivity index (χ0) is 19.3. The van der Waals surface area contributed by atoms with Crippen LogP contribution in [-0.2, 0) is 6.54 Å². The molecule has 4 rings (SSSR count). The van der Waals surface area contributed by atoms with Crippen LogP contribution in [0.15, 0.2) is 83.7 Å². The molecule has 1 amide bonds. The Bertz CT molecular complexity index is 1110. The topological polar surface area (TPSA) is 68.0 Å². The minimum absolute atomic E-state index is 0.252. The second-order valence-electron chi connectivity index (χ2n) is 6.09. The van der Waals surface area contributed by atoms with Crippen LogP contribution in [-0.4, -0.2) is 15.9 Å². The Kier molecular flexibility index (Phi) is 4.93. The summed E-state index contributed by atoms with van der Waals surface area (Å²) in [4.78, 5) is 20.9. The van der Waals surface area contributed by atoms with Crippen LogP contribution in [0.3, 0.4) is 0 Å². The Morgan fingerprint density at radius 1 is 0.964 bits per heavy atom. The fourth-order valence-corrected chi connectivity index (χ4v) is 2.83. The van der Waals surface area contributed by atoms with Gasteiger partial charge in [-0.15, -0.1) is 0 Å². The lowest BCUT2D eigenvalue weighted by Crippen LogP contribution is -2.23. The van der Waals surface area contributed by atoms with Gasteiger partial charge in [0.2, 0.25) is 5.89 Å². The summed E-state index contributed by atoms with van der Waals surface area (Å²) in [6.45, 7) is 0.377. The number of nitrogens with zero attached hydrogens (tertiary/aromatic N) is 2. The van der Waals surface area contributed by atoms with Crippen molar-refractivity contribution in [3.8, 4) is 22.8 Å². The molecule has 2 heterocycles. The van der Waals surface area contributed by atoms with E-state index in [4.69, 9.17) is 4.42 Å². The van der Waals surface area contributed by atoms with Crippen LogP contribution >= 0.6 is 0 Å². The molecule has 2 aromatic carbocycles. The molecule has 0 aliphatic rings. The third kappa shape index (κ3) is 3.66. The maximum atomic E-state index is 14.0. The molecule has 0 saturated carbocycles. The molecule has 4 aromatic rings. The molecule has 0 spiro atoms. The number of oxazole rings is 1. The smallest absolute Gasteiger partial charge is 0.252 e. The van der Waals surface area contributed by atoms with Crippen molar-refractivity contribution in [2.75, 3.05) is 0 Å². The number of hydrogen-bond acceptors (Lipinski definition) is 4. The molecule has 1 N–H and O–H groups in total. The van der Waals surface area contributed by atoms with Gasteiger partial charge in [0.15, 0.2) is 5.76 Å². The average molecular weight is 373 g/mol. The van der Waals surface area contributed by atoms with Crippen molar-refractivity contribution >= 4 is 5.91 Å². The molecule has 0 aliphatic heterocycles. The highest BCUT2D eigenvalue weighted by atomic mass is 19.1. The Balaban J connectivity index is 1.60. The van der Waals surface area contributed by atoms with Crippen molar-refractivity contribution in [1.82, 2.24) is 15.3 Å². The first kappa shape index (κ1) is 17.6.